The number of piperidine rings is 1. The molecule has 2 aliphatic heterocycles. The second-order valence-corrected chi connectivity index (χ2v) is 7.74. The summed E-state index contributed by atoms with van der Waals surface area (Å²) in [6.45, 7) is 1.82. The van der Waals surface area contributed by atoms with Crippen LogP contribution in [-0.2, 0) is 11.2 Å². The van der Waals surface area contributed by atoms with Gasteiger partial charge in [-0.2, -0.15) is 0 Å². The van der Waals surface area contributed by atoms with E-state index in [4.69, 9.17) is 0 Å². The monoisotopic (exact) mass is 338 g/mol. The Kier molecular flexibility index (Phi) is 3.19. The summed E-state index contributed by atoms with van der Waals surface area (Å²) in [5.74, 6) is 0.683. The molecule has 3 heterocycles. The van der Waals surface area contributed by atoms with Crippen molar-refractivity contribution in [3.63, 3.8) is 0 Å². The second-order valence-electron chi connectivity index (χ2n) is 7.74. The van der Waals surface area contributed by atoms with E-state index in [2.05, 4.69) is 46.6 Å². The minimum absolute atomic E-state index is 0.188. The van der Waals surface area contributed by atoms with Crippen molar-refractivity contribution in [2.24, 2.45) is 5.92 Å². The van der Waals surface area contributed by atoms with Gasteiger partial charge >= 0.3 is 6.03 Å². The van der Waals surface area contributed by atoms with E-state index < -0.39 is 0 Å². The zero-order valence-corrected chi connectivity index (χ0v) is 14.3. The molecule has 0 saturated carbocycles. The molecule has 3 amide bonds. The molecule has 3 atom stereocenters. The largest absolute Gasteiger partial charge is 0.361 e. The number of fused-ring (bicyclic) bond motifs is 2. The first kappa shape index (κ1) is 15.0. The topological polar surface area (TPSA) is 68.4 Å². The number of benzene rings is 1. The predicted molar refractivity (Wildman–Crippen MR) is 94.4 cm³/mol. The van der Waals surface area contributed by atoms with E-state index in [1.54, 1.807) is 4.90 Å². The van der Waals surface area contributed by atoms with E-state index in [1.165, 1.54) is 22.0 Å². The van der Waals surface area contributed by atoms with Gasteiger partial charge < -0.3 is 14.8 Å². The number of imide groups is 1. The molecule has 2 saturated heterocycles. The van der Waals surface area contributed by atoms with Crippen LogP contribution in [0.5, 0.6) is 0 Å². The zero-order chi connectivity index (χ0) is 17.1. The lowest BCUT2D eigenvalue weighted by Gasteiger charge is -2.46. The summed E-state index contributed by atoms with van der Waals surface area (Å²) in [7, 11) is 2.19. The second kappa shape index (κ2) is 5.33. The lowest BCUT2D eigenvalue weighted by Crippen LogP contribution is -2.50. The van der Waals surface area contributed by atoms with E-state index in [0.717, 1.165) is 19.4 Å². The van der Waals surface area contributed by atoms with Crippen molar-refractivity contribution in [1.82, 2.24) is 20.1 Å². The summed E-state index contributed by atoms with van der Waals surface area (Å²) < 4.78 is 0. The average molecular weight is 338 g/mol. The highest BCUT2D eigenvalue weighted by atomic mass is 16.2. The molecular formula is C19H22N4O2. The number of hydrogen-bond acceptors (Lipinski definition) is 3. The maximum absolute atomic E-state index is 11.9. The van der Waals surface area contributed by atoms with Crippen LogP contribution in [0.15, 0.2) is 24.4 Å². The van der Waals surface area contributed by atoms with Crippen LogP contribution in [0, 0.1) is 5.92 Å². The van der Waals surface area contributed by atoms with Crippen LogP contribution in [0.3, 0.4) is 0 Å². The predicted octanol–water partition coefficient (Wildman–Crippen LogP) is 1.68. The fourth-order valence-corrected chi connectivity index (χ4v) is 5.13. The van der Waals surface area contributed by atoms with Gasteiger partial charge in [0.1, 0.15) is 6.54 Å². The molecule has 2 N–H and O–H groups in total. The van der Waals surface area contributed by atoms with Gasteiger partial charge in [0, 0.05) is 42.1 Å². The Morgan fingerprint density at radius 2 is 2.16 bits per heavy atom. The van der Waals surface area contributed by atoms with E-state index in [9.17, 15) is 9.59 Å². The number of likely N-dealkylation sites (tertiary alicyclic amines) is 1. The Hall–Kier alpha value is -2.34. The van der Waals surface area contributed by atoms with Gasteiger partial charge in [-0.25, -0.2) is 4.79 Å². The third kappa shape index (κ3) is 2.28. The van der Waals surface area contributed by atoms with E-state index in [0.29, 0.717) is 24.4 Å². The highest BCUT2D eigenvalue weighted by Crippen LogP contribution is 2.44. The lowest BCUT2D eigenvalue weighted by atomic mass is 9.72. The van der Waals surface area contributed by atoms with Crippen LogP contribution < -0.4 is 5.32 Å². The summed E-state index contributed by atoms with van der Waals surface area (Å²) in [5.41, 5.74) is 4.07. The molecule has 1 unspecified atom stereocenters. The van der Waals surface area contributed by atoms with Crippen molar-refractivity contribution < 1.29 is 9.59 Å². The highest BCUT2D eigenvalue weighted by molar-refractivity contribution is 6.01. The van der Waals surface area contributed by atoms with Crippen molar-refractivity contribution in [3.8, 4) is 0 Å². The number of carbonyl (C=O) groups is 2. The summed E-state index contributed by atoms with van der Waals surface area (Å²) in [4.78, 5) is 30.8. The lowest BCUT2D eigenvalue weighted by molar-refractivity contribution is -0.118. The van der Waals surface area contributed by atoms with Crippen molar-refractivity contribution >= 4 is 22.8 Å². The Morgan fingerprint density at radius 3 is 2.96 bits per heavy atom. The van der Waals surface area contributed by atoms with Gasteiger partial charge in [-0.3, -0.25) is 10.1 Å². The van der Waals surface area contributed by atoms with Gasteiger partial charge in [-0.05, 0) is 43.0 Å². The molecule has 1 aromatic heterocycles. The van der Waals surface area contributed by atoms with E-state index in [-0.39, 0.29) is 18.5 Å². The number of hydrogen-bond donors (Lipinski definition) is 2. The number of urea groups is 1. The third-order valence-corrected chi connectivity index (χ3v) is 6.16. The molecule has 1 aliphatic carbocycles. The fraction of sp³-hybridized carbons (Fsp3) is 0.474. The van der Waals surface area contributed by atoms with Gasteiger partial charge in [-0.1, -0.05) is 12.1 Å². The number of aromatic nitrogens is 1. The smallest absolute Gasteiger partial charge is 0.324 e. The van der Waals surface area contributed by atoms with Crippen LogP contribution >= 0.6 is 0 Å². The molecule has 130 valence electrons. The molecule has 0 spiro atoms. The van der Waals surface area contributed by atoms with E-state index >= 15 is 0 Å². The summed E-state index contributed by atoms with van der Waals surface area (Å²) in [5, 5.41) is 3.78. The molecule has 0 bridgehead atoms. The SMILES string of the molecule is CN1C[C@@H](CN2CC(=O)NC2=O)CC2c3cccc4[nH]cc(c34)C[C@H]21. The number of aromatic amines is 1. The number of nitrogens with zero attached hydrogens (tertiary/aromatic N) is 2. The van der Waals surface area contributed by atoms with Gasteiger partial charge in [0.05, 0.1) is 0 Å². The molecule has 5 rings (SSSR count). The van der Waals surface area contributed by atoms with Gasteiger partial charge in [0.15, 0.2) is 0 Å². The van der Waals surface area contributed by atoms with Crippen molar-refractivity contribution in [3.05, 3.63) is 35.5 Å². The number of H-pyrrole nitrogens is 1. The van der Waals surface area contributed by atoms with Crippen LogP contribution in [-0.4, -0.2) is 59.4 Å². The Balaban J connectivity index is 1.44. The molecule has 25 heavy (non-hydrogen) atoms. The molecule has 2 fully saturated rings. The van der Waals surface area contributed by atoms with E-state index in [1.807, 2.05) is 0 Å². The first-order valence-electron chi connectivity index (χ1n) is 8.98. The summed E-state index contributed by atoms with van der Waals surface area (Å²) in [6.07, 6.45) is 4.30. The van der Waals surface area contributed by atoms with Crippen LogP contribution in [0.25, 0.3) is 10.9 Å². The average Bonchev–Trinajstić information content (AvgIpc) is 3.13. The Labute approximate surface area is 146 Å². The molecule has 6 heteroatoms. The van der Waals surface area contributed by atoms with Crippen LogP contribution in [0.2, 0.25) is 0 Å². The fourth-order valence-electron chi connectivity index (χ4n) is 5.13. The van der Waals surface area contributed by atoms with Crippen molar-refractivity contribution in [2.45, 2.75) is 24.8 Å². The highest BCUT2D eigenvalue weighted by Gasteiger charge is 2.40. The minimum Gasteiger partial charge on any atom is -0.361 e. The van der Waals surface area contributed by atoms with Gasteiger partial charge in [0.25, 0.3) is 0 Å². The van der Waals surface area contributed by atoms with Gasteiger partial charge in [-0.15, -0.1) is 0 Å². The molecular weight excluding hydrogens is 316 g/mol. The molecule has 3 aliphatic rings. The standard InChI is InChI=1S/C19H22N4O2/c1-22-8-11(9-23-10-17(24)21-19(23)25)5-14-13-3-2-4-15-18(13)12(7-20-15)6-16(14)22/h2-4,7,11,14,16,20H,5-6,8-10H2,1H3,(H,21,24,25)/t11-,14?,16+/m0/s1. The maximum atomic E-state index is 11.9. The first-order chi connectivity index (χ1) is 12.1. The molecule has 6 nitrogen and oxygen atoms in total. The maximum Gasteiger partial charge on any atom is 0.324 e. The zero-order valence-electron chi connectivity index (χ0n) is 14.3. The number of likely N-dealkylation sites (N-methyl/N-ethyl adjacent to an activating group) is 1. The molecule has 0 radical (unpaired) electrons. The third-order valence-electron chi connectivity index (χ3n) is 6.16. The summed E-state index contributed by atoms with van der Waals surface area (Å²) >= 11 is 0. The quantitative estimate of drug-likeness (QED) is 0.819. The molecule has 1 aromatic carbocycles. The number of carbonyl (C=O) groups excluding carboxylic acids is 2. The van der Waals surface area contributed by atoms with Crippen molar-refractivity contribution in [1.29, 1.82) is 0 Å². The Bertz CT molecular complexity index is 873. The van der Waals surface area contributed by atoms with Crippen molar-refractivity contribution in [2.75, 3.05) is 26.7 Å². The normalized spacial score (nSPS) is 29.2. The number of amides is 3. The Morgan fingerprint density at radius 1 is 1.28 bits per heavy atom. The first-order valence-corrected chi connectivity index (χ1v) is 8.98. The summed E-state index contributed by atoms with van der Waals surface area (Å²) in [6, 6.07) is 6.81. The minimum atomic E-state index is -0.242. The van der Waals surface area contributed by atoms with Crippen LogP contribution in [0.1, 0.15) is 23.5 Å². The number of nitrogens with one attached hydrogen (secondary N) is 2. The number of rotatable bonds is 2. The molecule has 2 aromatic rings. The van der Waals surface area contributed by atoms with Crippen LogP contribution in [0.4, 0.5) is 4.79 Å². The van der Waals surface area contributed by atoms with Gasteiger partial charge in [0.2, 0.25) is 5.91 Å².